The molecule has 0 aromatic heterocycles. The molecule has 2 aliphatic heterocycles. The van der Waals surface area contributed by atoms with Crippen molar-refractivity contribution in [3.8, 4) is 0 Å². The summed E-state index contributed by atoms with van der Waals surface area (Å²) in [5.74, 6) is 0.246. The highest BCUT2D eigenvalue weighted by Crippen LogP contribution is 2.24. The number of aryl methyl sites for hydroxylation is 1. The molecule has 1 aromatic rings. The number of β-amino-alcohol motifs (C(OH)–C–C–N with tert-alkyl or cyclic N) is 1. The molecule has 5 heteroatoms. The van der Waals surface area contributed by atoms with Gasteiger partial charge in [0.25, 0.3) is 0 Å². The minimum Gasteiger partial charge on any atom is -0.395 e. The largest absolute Gasteiger partial charge is 0.395 e. The first kappa shape index (κ1) is 16.4. The highest BCUT2D eigenvalue weighted by Gasteiger charge is 2.35. The molecule has 1 unspecified atom stereocenters. The molecule has 1 amide bonds. The van der Waals surface area contributed by atoms with Crippen LogP contribution >= 0.6 is 0 Å². The van der Waals surface area contributed by atoms with Crippen LogP contribution in [0.4, 0.5) is 5.69 Å². The summed E-state index contributed by atoms with van der Waals surface area (Å²) in [7, 11) is 0. The lowest BCUT2D eigenvalue weighted by Crippen LogP contribution is -2.58. The Morgan fingerprint density at radius 2 is 1.78 bits per heavy atom. The first-order valence-corrected chi connectivity index (χ1v) is 8.64. The van der Waals surface area contributed by atoms with Crippen LogP contribution < -0.4 is 4.90 Å². The number of benzene rings is 1. The van der Waals surface area contributed by atoms with Gasteiger partial charge in [-0.2, -0.15) is 0 Å². The summed E-state index contributed by atoms with van der Waals surface area (Å²) in [5.41, 5.74) is 2.24. The van der Waals surface area contributed by atoms with Crippen molar-refractivity contribution in [1.82, 2.24) is 9.80 Å². The topological polar surface area (TPSA) is 47.0 Å². The average molecular weight is 317 g/mol. The standard InChI is InChI=1S/C18H27N3O2/c1-15-4-6-16(7-5-15)21-8-2-3-17(18(21)23)20-11-9-19(10-12-20)13-14-22/h4-7,17,22H,2-3,8-14H2,1H3. The van der Waals surface area contributed by atoms with E-state index in [-0.39, 0.29) is 18.6 Å². The van der Waals surface area contributed by atoms with Gasteiger partial charge in [0, 0.05) is 45.0 Å². The summed E-state index contributed by atoms with van der Waals surface area (Å²) in [5, 5.41) is 9.04. The number of hydrogen-bond acceptors (Lipinski definition) is 4. The number of hydrogen-bond donors (Lipinski definition) is 1. The van der Waals surface area contributed by atoms with Gasteiger partial charge in [0.15, 0.2) is 0 Å². The molecule has 126 valence electrons. The Kier molecular flexibility index (Phi) is 5.30. The Morgan fingerprint density at radius 3 is 2.43 bits per heavy atom. The molecule has 2 fully saturated rings. The highest BCUT2D eigenvalue weighted by molar-refractivity contribution is 5.97. The van der Waals surface area contributed by atoms with Crippen LogP contribution in [0, 0.1) is 6.92 Å². The van der Waals surface area contributed by atoms with Gasteiger partial charge in [-0.3, -0.25) is 14.6 Å². The molecule has 0 aliphatic carbocycles. The molecule has 1 aromatic carbocycles. The fraction of sp³-hybridized carbons (Fsp3) is 0.611. The Labute approximate surface area is 138 Å². The van der Waals surface area contributed by atoms with E-state index in [0.29, 0.717) is 0 Å². The van der Waals surface area contributed by atoms with Crippen molar-refractivity contribution in [2.75, 3.05) is 50.8 Å². The summed E-state index contributed by atoms with van der Waals surface area (Å²) < 4.78 is 0. The first-order valence-electron chi connectivity index (χ1n) is 8.64. The molecular formula is C18H27N3O2. The zero-order chi connectivity index (χ0) is 16.2. The second kappa shape index (κ2) is 7.43. The second-order valence-electron chi connectivity index (χ2n) is 6.58. The van der Waals surface area contributed by atoms with Crippen molar-refractivity contribution in [1.29, 1.82) is 0 Å². The van der Waals surface area contributed by atoms with Crippen LogP contribution in [0.1, 0.15) is 18.4 Å². The van der Waals surface area contributed by atoms with E-state index >= 15 is 0 Å². The Balaban J connectivity index is 1.65. The number of nitrogens with zero attached hydrogens (tertiary/aromatic N) is 3. The number of piperidine rings is 1. The SMILES string of the molecule is Cc1ccc(N2CCCC(N3CCN(CCO)CC3)C2=O)cc1. The summed E-state index contributed by atoms with van der Waals surface area (Å²) in [6.07, 6.45) is 2.02. The number of anilines is 1. The van der Waals surface area contributed by atoms with Crippen molar-refractivity contribution in [2.24, 2.45) is 0 Å². The number of piperazine rings is 1. The average Bonchev–Trinajstić information content (AvgIpc) is 2.57. The maximum Gasteiger partial charge on any atom is 0.244 e. The summed E-state index contributed by atoms with van der Waals surface area (Å²) in [6.45, 7) is 7.55. The van der Waals surface area contributed by atoms with Gasteiger partial charge in [-0.1, -0.05) is 17.7 Å². The third-order valence-corrected chi connectivity index (χ3v) is 5.02. The van der Waals surface area contributed by atoms with Crippen LogP contribution in [0.3, 0.4) is 0 Å². The lowest BCUT2D eigenvalue weighted by Gasteiger charge is -2.42. The predicted molar refractivity (Wildman–Crippen MR) is 91.7 cm³/mol. The van der Waals surface area contributed by atoms with Gasteiger partial charge in [0.1, 0.15) is 0 Å². The van der Waals surface area contributed by atoms with E-state index in [2.05, 4.69) is 41.0 Å². The predicted octanol–water partition coefficient (Wildman–Crippen LogP) is 1.10. The van der Waals surface area contributed by atoms with E-state index in [1.165, 1.54) is 5.56 Å². The molecule has 0 bridgehead atoms. The van der Waals surface area contributed by atoms with E-state index in [0.717, 1.165) is 57.8 Å². The van der Waals surface area contributed by atoms with E-state index < -0.39 is 0 Å². The fourth-order valence-electron chi connectivity index (χ4n) is 3.62. The maximum absolute atomic E-state index is 12.9. The van der Waals surface area contributed by atoms with Gasteiger partial charge >= 0.3 is 0 Å². The van der Waals surface area contributed by atoms with Gasteiger partial charge in [0.05, 0.1) is 12.6 Å². The minimum atomic E-state index is 0.0151. The van der Waals surface area contributed by atoms with Crippen LogP contribution in [0.15, 0.2) is 24.3 Å². The van der Waals surface area contributed by atoms with Gasteiger partial charge in [-0.25, -0.2) is 0 Å². The molecule has 5 nitrogen and oxygen atoms in total. The molecule has 2 saturated heterocycles. The number of carbonyl (C=O) groups is 1. The number of aliphatic hydroxyl groups is 1. The molecule has 0 saturated carbocycles. The van der Waals surface area contributed by atoms with Crippen LogP contribution in [0.2, 0.25) is 0 Å². The van der Waals surface area contributed by atoms with Crippen molar-refractivity contribution < 1.29 is 9.90 Å². The summed E-state index contributed by atoms with van der Waals surface area (Å²) in [6, 6.07) is 8.25. The molecule has 2 heterocycles. The Hall–Kier alpha value is -1.43. The third-order valence-electron chi connectivity index (χ3n) is 5.02. The highest BCUT2D eigenvalue weighted by atomic mass is 16.3. The van der Waals surface area contributed by atoms with Gasteiger partial charge in [0.2, 0.25) is 5.91 Å². The van der Waals surface area contributed by atoms with Crippen LogP contribution in [0.25, 0.3) is 0 Å². The Bertz CT molecular complexity index is 524. The van der Waals surface area contributed by atoms with Crippen LogP contribution in [-0.2, 0) is 4.79 Å². The second-order valence-corrected chi connectivity index (χ2v) is 6.58. The third kappa shape index (κ3) is 3.74. The van der Waals surface area contributed by atoms with Crippen LogP contribution in [0.5, 0.6) is 0 Å². The molecule has 23 heavy (non-hydrogen) atoms. The first-order chi connectivity index (χ1) is 11.2. The number of carbonyl (C=O) groups excluding carboxylic acids is 1. The molecule has 3 rings (SSSR count). The fourth-order valence-corrected chi connectivity index (χ4v) is 3.62. The van der Waals surface area contributed by atoms with Crippen molar-refractivity contribution in [3.63, 3.8) is 0 Å². The molecular weight excluding hydrogens is 290 g/mol. The Morgan fingerprint density at radius 1 is 1.09 bits per heavy atom. The monoisotopic (exact) mass is 317 g/mol. The van der Waals surface area contributed by atoms with E-state index in [1.807, 2.05) is 4.90 Å². The van der Waals surface area contributed by atoms with Gasteiger partial charge in [-0.05, 0) is 31.9 Å². The summed E-state index contributed by atoms with van der Waals surface area (Å²) >= 11 is 0. The molecule has 0 radical (unpaired) electrons. The molecule has 0 spiro atoms. The lowest BCUT2D eigenvalue weighted by atomic mass is 10.0. The normalized spacial score (nSPS) is 24.2. The quantitative estimate of drug-likeness (QED) is 0.903. The van der Waals surface area contributed by atoms with Crippen molar-refractivity contribution >= 4 is 11.6 Å². The number of aliphatic hydroxyl groups excluding tert-OH is 1. The zero-order valence-corrected chi connectivity index (χ0v) is 13.9. The van der Waals surface area contributed by atoms with Crippen molar-refractivity contribution in [2.45, 2.75) is 25.8 Å². The number of rotatable bonds is 4. The number of amides is 1. The van der Waals surface area contributed by atoms with Crippen LogP contribution in [-0.4, -0.2) is 72.7 Å². The molecule has 1 atom stereocenters. The van der Waals surface area contributed by atoms with E-state index in [1.54, 1.807) is 0 Å². The zero-order valence-electron chi connectivity index (χ0n) is 13.9. The van der Waals surface area contributed by atoms with E-state index in [4.69, 9.17) is 5.11 Å². The maximum atomic E-state index is 12.9. The van der Waals surface area contributed by atoms with Gasteiger partial charge in [-0.15, -0.1) is 0 Å². The van der Waals surface area contributed by atoms with Crippen molar-refractivity contribution in [3.05, 3.63) is 29.8 Å². The molecule has 1 N–H and O–H groups in total. The van der Waals surface area contributed by atoms with Gasteiger partial charge < -0.3 is 10.0 Å². The molecule has 2 aliphatic rings. The van der Waals surface area contributed by atoms with E-state index in [9.17, 15) is 4.79 Å². The lowest BCUT2D eigenvalue weighted by molar-refractivity contribution is -0.126. The minimum absolute atomic E-state index is 0.0151. The summed E-state index contributed by atoms with van der Waals surface area (Å²) in [4.78, 5) is 19.5. The smallest absolute Gasteiger partial charge is 0.244 e.